The summed E-state index contributed by atoms with van der Waals surface area (Å²) in [5.41, 5.74) is 0. The Morgan fingerprint density at radius 2 is 2.05 bits per heavy atom. The topological polar surface area (TPSA) is 76.0 Å². The minimum atomic E-state index is -1.53. The molecular formula is C14H15FO5S. The predicted molar refractivity (Wildman–Crippen MR) is 76.7 cm³/mol. The maximum absolute atomic E-state index is 14.3. The lowest BCUT2D eigenvalue weighted by Gasteiger charge is -2.08. The Morgan fingerprint density at radius 3 is 2.62 bits per heavy atom. The average Bonchev–Trinajstić information content (AvgIpc) is 2.88. The van der Waals surface area contributed by atoms with Crippen molar-refractivity contribution in [3.63, 3.8) is 0 Å². The van der Waals surface area contributed by atoms with E-state index in [-0.39, 0.29) is 35.5 Å². The van der Waals surface area contributed by atoms with E-state index in [4.69, 9.17) is 19.7 Å². The van der Waals surface area contributed by atoms with Gasteiger partial charge in [-0.25, -0.2) is 4.39 Å². The number of hydrogen-bond donors (Lipinski definition) is 2. The number of ether oxygens (including phenoxy) is 2. The number of rotatable bonds is 6. The minimum absolute atomic E-state index is 0.00687. The van der Waals surface area contributed by atoms with E-state index >= 15 is 0 Å². The lowest BCUT2D eigenvalue weighted by Crippen LogP contribution is -2.07. The molecule has 5 nitrogen and oxygen atoms in total. The summed E-state index contributed by atoms with van der Waals surface area (Å²) >= 11 is 1.13. The average molecular weight is 314 g/mol. The second-order valence-electron chi connectivity index (χ2n) is 4.39. The van der Waals surface area contributed by atoms with Crippen molar-refractivity contribution in [1.29, 1.82) is 0 Å². The van der Waals surface area contributed by atoms with Gasteiger partial charge in [0.15, 0.2) is 29.4 Å². The van der Waals surface area contributed by atoms with E-state index in [1.807, 2.05) is 0 Å². The molecule has 0 saturated heterocycles. The number of aliphatic hydroxyl groups excluding tert-OH is 1. The standard InChI is InChI=1S/C14H15FO5S/c1-19-9-6-10-7(13(15)14(9)20-2)5-11(21-10)8(16)3-4-12(17)18/h5-6,12,17-18H,3-4H2,1-2H3. The summed E-state index contributed by atoms with van der Waals surface area (Å²) in [5, 5.41) is 17.8. The second-order valence-corrected chi connectivity index (χ2v) is 5.47. The molecule has 2 N–H and O–H groups in total. The van der Waals surface area contributed by atoms with Crippen molar-refractivity contribution in [1.82, 2.24) is 0 Å². The van der Waals surface area contributed by atoms with Crippen LogP contribution < -0.4 is 9.47 Å². The maximum atomic E-state index is 14.3. The number of fused-ring (bicyclic) bond motifs is 1. The summed E-state index contributed by atoms with van der Waals surface area (Å²) in [4.78, 5) is 12.3. The van der Waals surface area contributed by atoms with Crippen LogP contribution in [0.1, 0.15) is 22.5 Å². The number of carbonyl (C=O) groups excluding carboxylic acids is 1. The Balaban J connectivity index is 2.42. The largest absolute Gasteiger partial charge is 0.493 e. The SMILES string of the molecule is COc1cc2sc(C(=O)CCC(O)O)cc2c(F)c1OC. The smallest absolute Gasteiger partial charge is 0.197 e. The fourth-order valence-electron chi connectivity index (χ4n) is 1.96. The summed E-state index contributed by atoms with van der Waals surface area (Å²) in [6.07, 6.45) is -1.59. The molecule has 0 saturated carbocycles. The van der Waals surface area contributed by atoms with Crippen LogP contribution in [0.5, 0.6) is 11.5 Å². The lowest BCUT2D eigenvalue weighted by molar-refractivity contribution is -0.0450. The van der Waals surface area contributed by atoms with E-state index in [1.165, 1.54) is 20.3 Å². The van der Waals surface area contributed by atoms with Gasteiger partial charge in [0.05, 0.1) is 19.1 Å². The van der Waals surface area contributed by atoms with Crippen LogP contribution in [0.25, 0.3) is 10.1 Å². The lowest BCUT2D eigenvalue weighted by atomic mass is 10.1. The summed E-state index contributed by atoms with van der Waals surface area (Å²) in [7, 11) is 2.75. The van der Waals surface area contributed by atoms with E-state index in [0.717, 1.165) is 11.3 Å². The van der Waals surface area contributed by atoms with Crippen molar-refractivity contribution in [2.24, 2.45) is 0 Å². The van der Waals surface area contributed by atoms with Crippen LogP contribution in [-0.4, -0.2) is 36.5 Å². The number of ketones is 1. The van der Waals surface area contributed by atoms with Gasteiger partial charge in [0.25, 0.3) is 0 Å². The molecule has 0 unspecified atom stereocenters. The van der Waals surface area contributed by atoms with Crippen molar-refractivity contribution < 1.29 is 28.9 Å². The highest BCUT2D eigenvalue weighted by Gasteiger charge is 2.19. The molecule has 0 aliphatic heterocycles. The molecule has 2 rings (SSSR count). The van der Waals surface area contributed by atoms with Crippen molar-refractivity contribution in [3.8, 4) is 11.5 Å². The molecule has 1 aromatic carbocycles. The molecule has 0 amide bonds. The van der Waals surface area contributed by atoms with Crippen LogP contribution in [0.2, 0.25) is 0 Å². The highest BCUT2D eigenvalue weighted by Crippen LogP contribution is 2.39. The van der Waals surface area contributed by atoms with Crippen LogP contribution >= 0.6 is 11.3 Å². The molecule has 1 aromatic heterocycles. The van der Waals surface area contributed by atoms with Gasteiger partial charge in [-0.1, -0.05) is 0 Å². The molecule has 2 aromatic rings. The van der Waals surface area contributed by atoms with Gasteiger partial charge in [-0.05, 0) is 6.07 Å². The van der Waals surface area contributed by atoms with E-state index in [9.17, 15) is 9.18 Å². The maximum Gasteiger partial charge on any atom is 0.197 e. The number of carbonyl (C=O) groups is 1. The third kappa shape index (κ3) is 3.15. The van der Waals surface area contributed by atoms with Gasteiger partial charge in [-0.3, -0.25) is 4.79 Å². The van der Waals surface area contributed by atoms with Gasteiger partial charge in [0, 0.05) is 29.0 Å². The monoisotopic (exact) mass is 314 g/mol. The van der Waals surface area contributed by atoms with Gasteiger partial charge in [-0.15, -0.1) is 11.3 Å². The Hall–Kier alpha value is -1.70. The summed E-state index contributed by atoms with van der Waals surface area (Å²) in [6.45, 7) is 0. The number of methoxy groups -OCH3 is 2. The van der Waals surface area contributed by atoms with E-state index < -0.39 is 12.1 Å². The van der Waals surface area contributed by atoms with Gasteiger partial charge < -0.3 is 19.7 Å². The zero-order chi connectivity index (χ0) is 15.6. The molecular weight excluding hydrogens is 299 g/mol. The van der Waals surface area contributed by atoms with Crippen molar-refractivity contribution >= 4 is 27.2 Å². The third-order valence-electron chi connectivity index (χ3n) is 3.01. The first-order valence-electron chi connectivity index (χ1n) is 6.21. The molecule has 0 aliphatic carbocycles. The molecule has 7 heteroatoms. The second kappa shape index (κ2) is 6.38. The highest BCUT2D eigenvalue weighted by molar-refractivity contribution is 7.20. The molecule has 0 bridgehead atoms. The molecule has 0 atom stereocenters. The van der Waals surface area contributed by atoms with Crippen molar-refractivity contribution in [2.45, 2.75) is 19.1 Å². The fraction of sp³-hybridized carbons (Fsp3) is 0.357. The number of thiophene rings is 1. The Morgan fingerprint density at radius 1 is 1.33 bits per heavy atom. The van der Waals surface area contributed by atoms with Crippen LogP contribution in [0.4, 0.5) is 4.39 Å². The molecule has 1 heterocycles. The summed E-state index contributed by atoms with van der Waals surface area (Å²) in [6, 6.07) is 3.06. The zero-order valence-corrected chi connectivity index (χ0v) is 12.4. The quantitative estimate of drug-likeness (QED) is 0.632. The van der Waals surface area contributed by atoms with E-state index in [0.29, 0.717) is 9.58 Å². The highest BCUT2D eigenvalue weighted by atomic mass is 32.1. The predicted octanol–water partition coefficient (Wildman–Crippen LogP) is 2.33. The van der Waals surface area contributed by atoms with Crippen LogP contribution in [-0.2, 0) is 0 Å². The number of halogens is 1. The van der Waals surface area contributed by atoms with Crippen LogP contribution in [0, 0.1) is 5.82 Å². The first-order chi connectivity index (χ1) is 9.97. The number of Topliss-reactive ketones (excluding diaryl/α,β-unsaturated/α-hetero) is 1. The molecule has 114 valence electrons. The number of aliphatic hydroxyl groups is 2. The summed E-state index contributed by atoms with van der Waals surface area (Å²) < 4.78 is 24.9. The Kier molecular flexibility index (Phi) is 4.76. The zero-order valence-electron chi connectivity index (χ0n) is 11.6. The van der Waals surface area contributed by atoms with Gasteiger partial charge in [0.1, 0.15) is 0 Å². The fourth-order valence-corrected chi connectivity index (χ4v) is 3.02. The molecule has 21 heavy (non-hydrogen) atoms. The van der Waals surface area contributed by atoms with E-state index in [2.05, 4.69) is 0 Å². The normalized spacial score (nSPS) is 11.1. The third-order valence-corrected chi connectivity index (χ3v) is 4.13. The first-order valence-corrected chi connectivity index (χ1v) is 7.03. The van der Waals surface area contributed by atoms with Gasteiger partial charge in [-0.2, -0.15) is 0 Å². The van der Waals surface area contributed by atoms with Crippen molar-refractivity contribution in [2.75, 3.05) is 14.2 Å². The van der Waals surface area contributed by atoms with Crippen LogP contribution in [0.3, 0.4) is 0 Å². The van der Waals surface area contributed by atoms with Gasteiger partial charge >= 0.3 is 0 Å². The number of hydrogen-bond acceptors (Lipinski definition) is 6. The van der Waals surface area contributed by atoms with Crippen molar-refractivity contribution in [3.05, 3.63) is 22.8 Å². The molecule has 0 fully saturated rings. The Labute approximate surface area is 124 Å². The minimum Gasteiger partial charge on any atom is -0.493 e. The Bertz CT molecular complexity index is 665. The van der Waals surface area contributed by atoms with Gasteiger partial charge in [0.2, 0.25) is 0 Å². The van der Waals surface area contributed by atoms with E-state index in [1.54, 1.807) is 6.07 Å². The number of benzene rings is 1. The summed E-state index contributed by atoms with van der Waals surface area (Å²) in [5.74, 6) is -0.590. The molecule has 0 radical (unpaired) electrons. The van der Waals surface area contributed by atoms with Crippen LogP contribution in [0.15, 0.2) is 12.1 Å². The molecule has 0 spiro atoms. The first kappa shape index (κ1) is 15.7. The molecule has 0 aliphatic rings.